The van der Waals surface area contributed by atoms with Gasteiger partial charge in [0.05, 0.1) is 17.9 Å². The van der Waals surface area contributed by atoms with E-state index in [9.17, 15) is 14.7 Å². The number of Topliss-reactive ketones (excluding diaryl/α,β-unsaturated/α-hetero) is 1. The van der Waals surface area contributed by atoms with Crippen LogP contribution in [0.2, 0.25) is 0 Å². The Hall–Kier alpha value is -1.88. The van der Waals surface area contributed by atoms with E-state index in [4.69, 9.17) is 9.15 Å². The summed E-state index contributed by atoms with van der Waals surface area (Å²) in [7, 11) is 0. The molecule has 5 heteroatoms. The van der Waals surface area contributed by atoms with Gasteiger partial charge in [-0.2, -0.15) is 0 Å². The molecule has 1 N–H and O–H groups in total. The first-order chi connectivity index (χ1) is 11.8. The molecule has 134 valence electrons. The molecule has 5 nitrogen and oxygen atoms in total. The molecule has 0 bridgehead atoms. The minimum Gasteiger partial charge on any atom is -0.472 e. The number of ether oxygens (including phenoxy) is 1. The third-order valence-corrected chi connectivity index (χ3v) is 7.22. The molecule has 0 amide bonds. The maximum absolute atomic E-state index is 12.9. The molecule has 2 fully saturated rings. The van der Waals surface area contributed by atoms with Gasteiger partial charge in [0.25, 0.3) is 0 Å². The normalized spacial score (nSPS) is 42.8. The van der Waals surface area contributed by atoms with Gasteiger partial charge in [0.15, 0.2) is 5.60 Å². The number of cyclic esters (lactones) is 1. The zero-order chi connectivity index (χ0) is 17.9. The summed E-state index contributed by atoms with van der Waals surface area (Å²) in [5.41, 5.74) is -1.74. The average Bonchev–Trinajstić information content (AvgIpc) is 3.19. The molecule has 1 saturated carbocycles. The number of hydrogen-bond donors (Lipinski definition) is 1. The third kappa shape index (κ3) is 2.05. The Morgan fingerprint density at radius 2 is 2.16 bits per heavy atom. The highest BCUT2D eigenvalue weighted by Gasteiger charge is 2.71. The van der Waals surface area contributed by atoms with Crippen LogP contribution >= 0.6 is 0 Å². The van der Waals surface area contributed by atoms with Gasteiger partial charge in [-0.3, -0.25) is 4.79 Å². The van der Waals surface area contributed by atoms with Crippen molar-refractivity contribution in [3.05, 3.63) is 36.3 Å². The second kappa shape index (κ2) is 5.31. The zero-order valence-electron chi connectivity index (χ0n) is 14.7. The smallest absolute Gasteiger partial charge is 0.342 e. The number of hydrogen-bond acceptors (Lipinski definition) is 5. The van der Waals surface area contributed by atoms with Crippen LogP contribution in [0.15, 0.2) is 35.2 Å². The Morgan fingerprint density at radius 3 is 2.88 bits per heavy atom. The second-order valence-corrected chi connectivity index (χ2v) is 8.19. The first-order valence-corrected chi connectivity index (χ1v) is 8.95. The van der Waals surface area contributed by atoms with Gasteiger partial charge in [-0.15, -0.1) is 0 Å². The first-order valence-electron chi connectivity index (χ1n) is 8.95. The van der Waals surface area contributed by atoms with Crippen LogP contribution < -0.4 is 0 Å². The molecule has 4 rings (SSSR count). The maximum atomic E-state index is 12.9. The highest BCUT2D eigenvalue weighted by Crippen LogP contribution is 2.64. The van der Waals surface area contributed by atoms with E-state index >= 15 is 0 Å². The number of esters is 1. The largest absolute Gasteiger partial charge is 0.472 e. The lowest BCUT2D eigenvalue weighted by atomic mass is 9.44. The molecule has 2 aliphatic carbocycles. The van der Waals surface area contributed by atoms with Gasteiger partial charge in [-0.1, -0.05) is 19.9 Å². The van der Waals surface area contributed by atoms with E-state index in [1.54, 1.807) is 18.6 Å². The van der Waals surface area contributed by atoms with Crippen molar-refractivity contribution in [3.8, 4) is 0 Å². The Bertz CT molecular complexity index is 735. The fourth-order valence-corrected chi connectivity index (χ4v) is 5.40. The lowest BCUT2D eigenvalue weighted by Crippen LogP contribution is -2.63. The molecule has 25 heavy (non-hydrogen) atoms. The molecule has 1 aliphatic heterocycles. The van der Waals surface area contributed by atoms with Crippen LogP contribution in [0.25, 0.3) is 0 Å². The average molecular weight is 344 g/mol. The van der Waals surface area contributed by atoms with Crippen LogP contribution in [0.3, 0.4) is 0 Å². The summed E-state index contributed by atoms with van der Waals surface area (Å²) < 4.78 is 10.4. The van der Waals surface area contributed by atoms with E-state index in [-0.39, 0.29) is 36.1 Å². The van der Waals surface area contributed by atoms with E-state index in [1.807, 2.05) is 19.1 Å². The molecule has 2 heterocycles. The quantitative estimate of drug-likeness (QED) is 0.674. The lowest BCUT2D eigenvalue weighted by molar-refractivity contribution is -0.170. The van der Waals surface area contributed by atoms with Crippen LogP contribution in [0.5, 0.6) is 0 Å². The summed E-state index contributed by atoms with van der Waals surface area (Å²) in [4.78, 5) is 25.2. The number of ketones is 1. The predicted octanol–water partition coefficient (Wildman–Crippen LogP) is 2.68. The van der Waals surface area contributed by atoms with Gasteiger partial charge in [-0.05, 0) is 48.3 Å². The number of aliphatic hydroxyl groups is 1. The second-order valence-electron chi connectivity index (χ2n) is 8.19. The van der Waals surface area contributed by atoms with Crippen molar-refractivity contribution in [1.82, 2.24) is 0 Å². The number of carbonyl (C=O) groups excluding carboxylic acids is 2. The summed E-state index contributed by atoms with van der Waals surface area (Å²) in [6, 6.07) is 1.94. The van der Waals surface area contributed by atoms with E-state index in [0.717, 1.165) is 24.8 Å². The van der Waals surface area contributed by atoms with E-state index in [1.165, 1.54) is 0 Å². The molecule has 0 radical (unpaired) electrons. The van der Waals surface area contributed by atoms with Crippen LogP contribution in [0, 0.1) is 22.7 Å². The van der Waals surface area contributed by atoms with Crippen molar-refractivity contribution in [2.75, 3.05) is 6.61 Å². The maximum Gasteiger partial charge on any atom is 0.342 e. The van der Waals surface area contributed by atoms with Crippen LogP contribution in [-0.2, 0) is 20.7 Å². The molecule has 1 aromatic heterocycles. The first kappa shape index (κ1) is 16.6. The Balaban J connectivity index is 1.75. The van der Waals surface area contributed by atoms with Crippen LogP contribution in [0.1, 0.15) is 38.7 Å². The molecular formula is C20H24O5. The lowest BCUT2D eigenvalue weighted by Gasteiger charge is -2.58. The summed E-state index contributed by atoms with van der Waals surface area (Å²) in [6.45, 7) is 4.24. The van der Waals surface area contributed by atoms with Gasteiger partial charge in [0, 0.05) is 12.3 Å². The van der Waals surface area contributed by atoms with Crippen molar-refractivity contribution >= 4 is 11.8 Å². The van der Waals surface area contributed by atoms with Crippen molar-refractivity contribution in [2.45, 2.75) is 45.1 Å². The zero-order valence-corrected chi connectivity index (χ0v) is 14.7. The van der Waals surface area contributed by atoms with Gasteiger partial charge in [-0.25, -0.2) is 4.79 Å². The Morgan fingerprint density at radius 1 is 1.36 bits per heavy atom. The third-order valence-electron chi connectivity index (χ3n) is 7.22. The SMILES string of the molecule is CC1C(=O)CC23COC(=O)C2(O)C=CCC3C1(C)CCc1ccoc1. The summed E-state index contributed by atoms with van der Waals surface area (Å²) in [6.07, 6.45) is 9.37. The van der Waals surface area contributed by atoms with E-state index in [0.29, 0.717) is 0 Å². The Kier molecular flexibility index (Phi) is 3.52. The fourth-order valence-electron chi connectivity index (χ4n) is 5.40. The number of allylic oxidation sites excluding steroid dienone is 1. The molecular weight excluding hydrogens is 320 g/mol. The summed E-state index contributed by atoms with van der Waals surface area (Å²) >= 11 is 0. The topological polar surface area (TPSA) is 76.7 Å². The van der Waals surface area contributed by atoms with E-state index in [2.05, 4.69) is 6.92 Å². The standard InChI is InChI=1S/C20H24O5/c1-13-15(21)10-19-12-25-17(22)20(19,23)7-3-4-16(19)18(13,2)8-5-14-6-9-24-11-14/h3,6-7,9,11,13,16,23H,4-5,8,10,12H2,1-2H3. The van der Waals surface area contributed by atoms with Crippen molar-refractivity contribution in [2.24, 2.45) is 22.7 Å². The number of furan rings is 1. The van der Waals surface area contributed by atoms with Gasteiger partial charge in [0.2, 0.25) is 0 Å². The summed E-state index contributed by atoms with van der Waals surface area (Å²) in [5, 5.41) is 11.1. The minimum atomic E-state index is -1.68. The molecule has 1 aromatic rings. The molecule has 0 aromatic carbocycles. The molecule has 3 aliphatic rings. The number of carbonyl (C=O) groups is 2. The van der Waals surface area contributed by atoms with E-state index < -0.39 is 17.0 Å². The van der Waals surface area contributed by atoms with Gasteiger partial charge >= 0.3 is 5.97 Å². The molecule has 1 saturated heterocycles. The predicted molar refractivity (Wildman–Crippen MR) is 89.5 cm³/mol. The number of aryl methyl sites for hydroxylation is 1. The monoisotopic (exact) mass is 344 g/mol. The van der Waals surface area contributed by atoms with Crippen molar-refractivity contribution in [3.63, 3.8) is 0 Å². The highest BCUT2D eigenvalue weighted by molar-refractivity contribution is 5.90. The molecule has 5 unspecified atom stereocenters. The fraction of sp³-hybridized carbons (Fsp3) is 0.600. The van der Waals surface area contributed by atoms with Gasteiger partial charge in [0.1, 0.15) is 12.4 Å². The van der Waals surface area contributed by atoms with Crippen LogP contribution in [-0.4, -0.2) is 29.1 Å². The van der Waals surface area contributed by atoms with Crippen molar-refractivity contribution < 1.29 is 23.8 Å². The van der Waals surface area contributed by atoms with Crippen molar-refractivity contribution in [1.29, 1.82) is 0 Å². The molecule has 5 atom stereocenters. The summed E-state index contributed by atoms with van der Waals surface area (Å²) in [5.74, 6) is -0.617. The minimum absolute atomic E-state index is 0.0149. The number of rotatable bonds is 3. The Labute approximate surface area is 147 Å². The molecule has 1 spiro atoms. The van der Waals surface area contributed by atoms with Crippen LogP contribution in [0.4, 0.5) is 0 Å². The highest BCUT2D eigenvalue weighted by atomic mass is 16.6. The van der Waals surface area contributed by atoms with Gasteiger partial charge < -0.3 is 14.3 Å².